The Morgan fingerprint density at radius 1 is 1.14 bits per heavy atom. The van der Waals surface area contributed by atoms with E-state index in [1.807, 2.05) is 6.07 Å². The van der Waals surface area contributed by atoms with Crippen molar-refractivity contribution in [2.45, 2.75) is 44.3 Å². The Morgan fingerprint density at radius 2 is 1.93 bits per heavy atom. The van der Waals surface area contributed by atoms with E-state index in [0.717, 1.165) is 50.9 Å². The summed E-state index contributed by atoms with van der Waals surface area (Å²) in [5, 5.41) is 3.08. The SMILES string of the molecule is O=C(NC1CS(=O)(=O)CC1N1CCCC1)C1CCCN(Cc2cccc(F)c2)C1. The van der Waals surface area contributed by atoms with E-state index >= 15 is 0 Å². The molecule has 1 N–H and O–H groups in total. The minimum Gasteiger partial charge on any atom is -0.350 e. The van der Waals surface area contributed by atoms with E-state index in [1.165, 1.54) is 12.1 Å². The van der Waals surface area contributed by atoms with Gasteiger partial charge in [-0.25, -0.2) is 12.8 Å². The van der Waals surface area contributed by atoms with Crippen LogP contribution in [0.15, 0.2) is 24.3 Å². The molecule has 1 aromatic rings. The second kappa shape index (κ2) is 8.70. The fraction of sp³-hybridized carbons (Fsp3) is 0.667. The highest BCUT2D eigenvalue weighted by molar-refractivity contribution is 7.91. The lowest BCUT2D eigenvalue weighted by atomic mass is 9.96. The normalized spacial score (nSPS) is 30.4. The fourth-order valence-corrected chi connectivity index (χ4v) is 6.96. The number of sulfone groups is 1. The average Bonchev–Trinajstić information content (AvgIpc) is 3.29. The Bertz CT molecular complexity index is 841. The second-order valence-corrected chi connectivity index (χ2v) is 10.9. The number of amides is 1. The molecule has 1 amide bonds. The predicted octanol–water partition coefficient (Wildman–Crippen LogP) is 1.42. The van der Waals surface area contributed by atoms with E-state index in [1.54, 1.807) is 6.07 Å². The molecule has 3 aliphatic rings. The van der Waals surface area contributed by atoms with Crippen LogP contribution in [-0.4, -0.2) is 73.9 Å². The Balaban J connectivity index is 1.37. The molecule has 3 atom stereocenters. The van der Waals surface area contributed by atoms with Crippen molar-refractivity contribution in [3.05, 3.63) is 35.6 Å². The lowest BCUT2D eigenvalue weighted by Gasteiger charge is -2.34. The number of piperidine rings is 1. The van der Waals surface area contributed by atoms with Crippen molar-refractivity contribution in [3.63, 3.8) is 0 Å². The highest BCUT2D eigenvalue weighted by Crippen LogP contribution is 2.24. The lowest BCUT2D eigenvalue weighted by molar-refractivity contribution is -0.127. The van der Waals surface area contributed by atoms with Gasteiger partial charge in [-0.1, -0.05) is 12.1 Å². The van der Waals surface area contributed by atoms with Crippen LogP contribution in [0.4, 0.5) is 4.39 Å². The Labute approximate surface area is 172 Å². The number of nitrogens with one attached hydrogen (secondary N) is 1. The number of halogens is 1. The zero-order valence-electron chi connectivity index (χ0n) is 16.7. The van der Waals surface area contributed by atoms with Crippen LogP contribution in [0.3, 0.4) is 0 Å². The zero-order valence-corrected chi connectivity index (χ0v) is 17.5. The summed E-state index contributed by atoms with van der Waals surface area (Å²) in [5.41, 5.74) is 0.905. The number of benzene rings is 1. The van der Waals surface area contributed by atoms with Crippen LogP contribution in [0.2, 0.25) is 0 Å². The molecule has 0 aromatic heterocycles. The molecule has 8 heteroatoms. The minimum absolute atomic E-state index is 0.0413. The molecule has 6 nitrogen and oxygen atoms in total. The lowest BCUT2D eigenvalue weighted by Crippen LogP contribution is -2.53. The molecule has 0 spiro atoms. The van der Waals surface area contributed by atoms with Gasteiger partial charge in [0.05, 0.1) is 23.5 Å². The molecule has 3 aliphatic heterocycles. The topological polar surface area (TPSA) is 69.7 Å². The van der Waals surface area contributed by atoms with Gasteiger partial charge in [0.2, 0.25) is 5.91 Å². The molecule has 0 aliphatic carbocycles. The van der Waals surface area contributed by atoms with E-state index in [0.29, 0.717) is 13.1 Å². The molecule has 29 heavy (non-hydrogen) atoms. The van der Waals surface area contributed by atoms with E-state index < -0.39 is 9.84 Å². The van der Waals surface area contributed by atoms with Crippen molar-refractivity contribution in [3.8, 4) is 0 Å². The van der Waals surface area contributed by atoms with Crippen molar-refractivity contribution in [2.75, 3.05) is 37.7 Å². The molecule has 4 rings (SSSR count). The van der Waals surface area contributed by atoms with Crippen LogP contribution in [0.25, 0.3) is 0 Å². The fourth-order valence-electron chi connectivity index (χ4n) is 5.01. The van der Waals surface area contributed by atoms with E-state index in [4.69, 9.17) is 0 Å². The first-order valence-electron chi connectivity index (χ1n) is 10.6. The summed E-state index contributed by atoms with van der Waals surface area (Å²) in [6.45, 7) is 3.95. The first kappa shape index (κ1) is 20.8. The summed E-state index contributed by atoms with van der Waals surface area (Å²) in [7, 11) is -3.12. The summed E-state index contributed by atoms with van der Waals surface area (Å²) in [6.07, 6.45) is 3.90. The standard InChI is InChI=1S/C21H30FN3O3S/c22-18-7-3-5-16(11-18)12-24-8-4-6-17(13-24)21(26)23-19-14-29(27,28)15-20(19)25-9-1-2-10-25/h3,5,7,11,17,19-20H,1-2,4,6,8-10,12-15H2,(H,23,26). The molecule has 0 radical (unpaired) electrons. The third-order valence-corrected chi connectivity index (χ3v) is 8.15. The number of carbonyl (C=O) groups is 1. The highest BCUT2D eigenvalue weighted by Gasteiger charge is 2.43. The van der Waals surface area contributed by atoms with Crippen molar-refractivity contribution >= 4 is 15.7 Å². The largest absolute Gasteiger partial charge is 0.350 e. The maximum absolute atomic E-state index is 13.4. The van der Waals surface area contributed by atoms with Crippen molar-refractivity contribution in [1.29, 1.82) is 0 Å². The molecule has 0 bridgehead atoms. The molecule has 1 aromatic carbocycles. The molecular weight excluding hydrogens is 393 g/mol. The van der Waals surface area contributed by atoms with Gasteiger partial charge < -0.3 is 5.32 Å². The third-order valence-electron chi connectivity index (χ3n) is 6.43. The van der Waals surface area contributed by atoms with Gasteiger partial charge in [0.15, 0.2) is 9.84 Å². The summed E-state index contributed by atoms with van der Waals surface area (Å²) in [6, 6.07) is 6.16. The summed E-state index contributed by atoms with van der Waals surface area (Å²) >= 11 is 0. The number of hydrogen-bond donors (Lipinski definition) is 1. The van der Waals surface area contributed by atoms with E-state index in [-0.39, 0.29) is 41.2 Å². The van der Waals surface area contributed by atoms with Gasteiger partial charge >= 0.3 is 0 Å². The van der Waals surface area contributed by atoms with Crippen LogP contribution < -0.4 is 5.32 Å². The van der Waals surface area contributed by atoms with Crippen molar-refractivity contribution < 1.29 is 17.6 Å². The average molecular weight is 424 g/mol. The van der Waals surface area contributed by atoms with Gasteiger partial charge in [0.25, 0.3) is 0 Å². The highest BCUT2D eigenvalue weighted by atomic mass is 32.2. The van der Waals surface area contributed by atoms with Crippen LogP contribution in [0.5, 0.6) is 0 Å². The first-order valence-corrected chi connectivity index (χ1v) is 12.4. The second-order valence-electron chi connectivity index (χ2n) is 8.71. The molecule has 3 heterocycles. The Morgan fingerprint density at radius 3 is 2.69 bits per heavy atom. The number of rotatable bonds is 5. The van der Waals surface area contributed by atoms with E-state index in [9.17, 15) is 17.6 Å². The summed E-state index contributed by atoms with van der Waals surface area (Å²) in [4.78, 5) is 17.4. The first-order chi connectivity index (χ1) is 13.9. The maximum Gasteiger partial charge on any atom is 0.224 e. The predicted molar refractivity (Wildman–Crippen MR) is 110 cm³/mol. The van der Waals surface area contributed by atoms with Crippen LogP contribution >= 0.6 is 0 Å². The molecule has 160 valence electrons. The molecule has 3 saturated heterocycles. The van der Waals surface area contributed by atoms with Gasteiger partial charge in [0, 0.05) is 19.1 Å². The monoisotopic (exact) mass is 423 g/mol. The quantitative estimate of drug-likeness (QED) is 0.776. The Hall–Kier alpha value is -1.51. The van der Waals surface area contributed by atoms with Crippen molar-refractivity contribution in [2.24, 2.45) is 5.92 Å². The Kier molecular flexibility index (Phi) is 6.22. The van der Waals surface area contributed by atoms with Crippen LogP contribution in [-0.2, 0) is 21.2 Å². The van der Waals surface area contributed by atoms with Gasteiger partial charge in [0.1, 0.15) is 5.82 Å². The molecule has 3 fully saturated rings. The molecule has 3 unspecified atom stereocenters. The minimum atomic E-state index is -3.12. The molecule has 0 saturated carbocycles. The zero-order chi connectivity index (χ0) is 20.4. The third kappa shape index (κ3) is 5.16. The molecular formula is C21H30FN3O3S. The number of hydrogen-bond acceptors (Lipinski definition) is 5. The number of carbonyl (C=O) groups excluding carboxylic acids is 1. The van der Waals surface area contributed by atoms with Crippen molar-refractivity contribution in [1.82, 2.24) is 15.1 Å². The van der Waals surface area contributed by atoms with Gasteiger partial charge in [-0.3, -0.25) is 14.6 Å². The summed E-state index contributed by atoms with van der Waals surface area (Å²) in [5.74, 6) is -0.252. The number of nitrogens with zero attached hydrogens (tertiary/aromatic N) is 2. The van der Waals surface area contributed by atoms with Gasteiger partial charge in [-0.2, -0.15) is 0 Å². The summed E-state index contributed by atoms with van der Waals surface area (Å²) < 4.78 is 37.9. The van der Waals surface area contributed by atoms with E-state index in [2.05, 4.69) is 15.1 Å². The van der Waals surface area contributed by atoms with Crippen LogP contribution in [0, 0.1) is 11.7 Å². The van der Waals surface area contributed by atoms with Crippen LogP contribution in [0.1, 0.15) is 31.2 Å². The maximum atomic E-state index is 13.4. The smallest absolute Gasteiger partial charge is 0.224 e. The van der Waals surface area contributed by atoms with Gasteiger partial charge in [-0.05, 0) is 63.0 Å². The number of likely N-dealkylation sites (tertiary alicyclic amines) is 2. The van der Waals surface area contributed by atoms with Gasteiger partial charge in [-0.15, -0.1) is 0 Å².